The standard InChI is InChI=1S/C8H11F3N2/c1-13-4-2-3-7(13)6(12)5-8(9,10)11/h2-4,6H,5,12H2,1H3. The van der Waals surface area contributed by atoms with Crippen molar-refractivity contribution in [1.82, 2.24) is 4.57 Å². The summed E-state index contributed by atoms with van der Waals surface area (Å²) in [4.78, 5) is 0. The van der Waals surface area contributed by atoms with Crippen LogP contribution in [-0.4, -0.2) is 10.7 Å². The highest BCUT2D eigenvalue weighted by Crippen LogP contribution is 2.27. The van der Waals surface area contributed by atoms with Crippen LogP contribution >= 0.6 is 0 Å². The van der Waals surface area contributed by atoms with E-state index in [1.807, 2.05) is 0 Å². The van der Waals surface area contributed by atoms with Crippen LogP contribution in [0.1, 0.15) is 18.2 Å². The summed E-state index contributed by atoms with van der Waals surface area (Å²) in [7, 11) is 1.67. The lowest BCUT2D eigenvalue weighted by Crippen LogP contribution is -2.21. The fourth-order valence-corrected chi connectivity index (χ4v) is 1.21. The predicted octanol–water partition coefficient (Wildman–Crippen LogP) is 1.98. The van der Waals surface area contributed by atoms with Gasteiger partial charge in [-0.15, -0.1) is 0 Å². The number of hydrogen-bond acceptors (Lipinski definition) is 1. The van der Waals surface area contributed by atoms with Crippen LogP contribution in [0.5, 0.6) is 0 Å². The maximum absolute atomic E-state index is 11.9. The molecule has 2 nitrogen and oxygen atoms in total. The lowest BCUT2D eigenvalue weighted by atomic mass is 10.1. The van der Waals surface area contributed by atoms with E-state index in [9.17, 15) is 13.2 Å². The molecule has 5 heteroatoms. The second-order valence-corrected chi connectivity index (χ2v) is 2.97. The third-order valence-electron chi connectivity index (χ3n) is 1.82. The van der Waals surface area contributed by atoms with Gasteiger partial charge in [-0.25, -0.2) is 0 Å². The number of halogens is 3. The van der Waals surface area contributed by atoms with Gasteiger partial charge in [-0.05, 0) is 12.1 Å². The van der Waals surface area contributed by atoms with Crippen molar-refractivity contribution in [2.24, 2.45) is 12.8 Å². The van der Waals surface area contributed by atoms with Crippen molar-refractivity contribution in [3.63, 3.8) is 0 Å². The third-order valence-corrected chi connectivity index (χ3v) is 1.82. The van der Waals surface area contributed by atoms with Crippen molar-refractivity contribution in [2.75, 3.05) is 0 Å². The van der Waals surface area contributed by atoms with E-state index < -0.39 is 18.6 Å². The van der Waals surface area contributed by atoms with Gasteiger partial charge in [0.15, 0.2) is 0 Å². The maximum atomic E-state index is 11.9. The average Bonchev–Trinajstić information content (AvgIpc) is 2.30. The summed E-state index contributed by atoms with van der Waals surface area (Å²) in [6.07, 6.45) is -3.51. The fourth-order valence-electron chi connectivity index (χ4n) is 1.21. The molecular formula is C8H11F3N2. The Kier molecular flexibility index (Phi) is 2.66. The van der Waals surface area contributed by atoms with E-state index in [-0.39, 0.29) is 0 Å². The van der Waals surface area contributed by atoms with E-state index >= 15 is 0 Å². The van der Waals surface area contributed by atoms with Crippen molar-refractivity contribution in [2.45, 2.75) is 18.6 Å². The van der Waals surface area contributed by atoms with E-state index in [1.54, 1.807) is 29.9 Å². The molecule has 1 rings (SSSR count). The monoisotopic (exact) mass is 192 g/mol. The number of nitrogens with two attached hydrogens (primary N) is 1. The van der Waals surface area contributed by atoms with Crippen LogP contribution in [0.15, 0.2) is 18.3 Å². The first-order valence-corrected chi connectivity index (χ1v) is 3.84. The average molecular weight is 192 g/mol. The molecule has 1 heterocycles. The summed E-state index contributed by atoms with van der Waals surface area (Å²) < 4.78 is 37.4. The minimum atomic E-state index is -4.20. The molecule has 1 aromatic heterocycles. The zero-order valence-corrected chi connectivity index (χ0v) is 7.17. The Morgan fingerprint density at radius 3 is 2.54 bits per heavy atom. The molecule has 0 saturated carbocycles. The topological polar surface area (TPSA) is 30.9 Å². The first kappa shape index (κ1) is 10.1. The lowest BCUT2D eigenvalue weighted by molar-refractivity contribution is -0.138. The number of aryl methyl sites for hydroxylation is 1. The summed E-state index contributed by atoms with van der Waals surface area (Å²) >= 11 is 0. The summed E-state index contributed by atoms with van der Waals surface area (Å²) in [5.41, 5.74) is 5.88. The van der Waals surface area contributed by atoms with Crippen LogP contribution in [0.25, 0.3) is 0 Å². The van der Waals surface area contributed by atoms with Gasteiger partial charge >= 0.3 is 6.18 Å². The Morgan fingerprint density at radius 1 is 1.54 bits per heavy atom. The molecule has 0 spiro atoms. The normalized spacial score (nSPS) is 14.5. The van der Waals surface area contributed by atoms with Gasteiger partial charge in [-0.2, -0.15) is 13.2 Å². The van der Waals surface area contributed by atoms with Crippen LogP contribution in [0.3, 0.4) is 0 Å². The van der Waals surface area contributed by atoms with Crippen molar-refractivity contribution in [3.05, 3.63) is 24.0 Å². The number of hydrogen-bond donors (Lipinski definition) is 1. The van der Waals surface area contributed by atoms with E-state index in [0.29, 0.717) is 5.69 Å². The second kappa shape index (κ2) is 3.41. The Balaban J connectivity index is 2.69. The highest BCUT2D eigenvalue weighted by atomic mass is 19.4. The molecule has 0 amide bonds. The van der Waals surface area contributed by atoms with Crippen molar-refractivity contribution in [1.29, 1.82) is 0 Å². The van der Waals surface area contributed by atoms with Gasteiger partial charge in [0.25, 0.3) is 0 Å². The highest BCUT2D eigenvalue weighted by molar-refractivity contribution is 5.11. The number of aromatic nitrogens is 1. The summed E-state index contributed by atoms with van der Waals surface area (Å²) in [6.45, 7) is 0. The Labute approximate surface area is 74.1 Å². The number of rotatable bonds is 2. The zero-order chi connectivity index (χ0) is 10.1. The molecule has 0 aliphatic rings. The number of alkyl halides is 3. The molecule has 1 aromatic rings. The predicted molar refractivity (Wildman–Crippen MR) is 43.0 cm³/mol. The molecule has 1 unspecified atom stereocenters. The molecule has 0 aromatic carbocycles. The SMILES string of the molecule is Cn1cccc1C(N)CC(F)(F)F. The molecule has 0 aliphatic carbocycles. The molecule has 0 bridgehead atoms. The molecule has 0 saturated heterocycles. The van der Waals surface area contributed by atoms with Crippen LogP contribution in [0.2, 0.25) is 0 Å². The van der Waals surface area contributed by atoms with Crippen LogP contribution in [0.4, 0.5) is 13.2 Å². The number of nitrogens with zero attached hydrogens (tertiary/aromatic N) is 1. The molecule has 0 fully saturated rings. The smallest absolute Gasteiger partial charge is 0.353 e. The highest BCUT2D eigenvalue weighted by Gasteiger charge is 2.31. The van der Waals surface area contributed by atoms with Crippen molar-refractivity contribution >= 4 is 0 Å². The van der Waals surface area contributed by atoms with Gasteiger partial charge in [0.1, 0.15) is 0 Å². The van der Waals surface area contributed by atoms with E-state index in [2.05, 4.69) is 0 Å². The van der Waals surface area contributed by atoms with Gasteiger partial charge in [0, 0.05) is 18.9 Å². The Hall–Kier alpha value is -0.970. The van der Waals surface area contributed by atoms with Crippen LogP contribution < -0.4 is 5.73 Å². The van der Waals surface area contributed by atoms with E-state index in [4.69, 9.17) is 5.73 Å². The quantitative estimate of drug-likeness (QED) is 0.763. The largest absolute Gasteiger partial charge is 0.390 e. The second-order valence-electron chi connectivity index (χ2n) is 2.97. The molecule has 0 aliphatic heterocycles. The molecule has 1 atom stereocenters. The fraction of sp³-hybridized carbons (Fsp3) is 0.500. The summed E-state index contributed by atoms with van der Waals surface area (Å²) in [6, 6.07) is 2.29. The van der Waals surface area contributed by atoms with Gasteiger partial charge in [0.2, 0.25) is 0 Å². The molecule has 74 valence electrons. The summed E-state index contributed by atoms with van der Waals surface area (Å²) in [5.74, 6) is 0. The van der Waals surface area contributed by atoms with Gasteiger partial charge < -0.3 is 10.3 Å². The third kappa shape index (κ3) is 2.77. The minimum Gasteiger partial charge on any atom is -0.353 e. The van der Waals surface area contributed by atoms with Gasteiger partial charge in [-0.3, -0.25) is 0 Å². The molecule has 13 heavy (non-hydrogen) atoms. The van der Waals surface area contributed by atoms with Gasteiger partial charge in [0.05, 0.1) is 12.5 Å². The van der Waals surface area contributed by atoms with E-state index in [0.717, 1.165) is 0 Å². The maximum Gasteiger partial charge on any atom is 0.390 e. The van der Waals surface area contributed by atoms with Crippen molar-refractivity contribution in [3.8, 4) is 0 Å². The van der Waals surface area contributed by atoms with Crippen molar-refractivity contribution < 1.29 is 13.2 Å². The minimum absolute atomic E-state index is 0.498. The molecule has 2 N–H and O–H groups in total. The zero-order valence-electron chi connectivity index (χ0n) is 7.17. The van der Waals surface area contributed by atoms with Crippen LogP contribution in [-0.2, 0) is 7.05 Å². The molecular weight excluding hydrogens is 181 g/mol. The Morgan fingerprint density at radius 2 is 2.15 bits per heavy atom. The first-order valence-electron chi connectivity index (χ1n) is 3.84. The first-order chi connectivity index (χ1) is 5.90. The molecule has 0 radical (unpaired) electrons. The van der Waals surface area contributed by atoms with Crippen LogP contribution in [0, 0.1) is 0 Å². The van der Waals surface area contributed by atoms with E-state index in [1.165, 1.54) is 0 Å². The summed E-state index contributed by atoms with van der Waals surface area (Å²) in [5, 5.41) is 0. The Bertz CT molecular complexity index is 277. The lowest BCUT2D eigenvalue weighted by Gasteiger charge is -2.14. The van der Waals surface area contributed by atoms with Gasteiger partial charge in [-0.1, -0.05) is 0 Å².